The smallest absolute Gasteiger partial charge is 0.272 e. The number of rotatable bonds is 4. The Bertz CT molecular complexity index is 1420. The van der Waals surface area contributed by atoms with Crippen molar-refractivity contribution in [2.45, 2.75) is 12.8 Å². The number of carbonyl (C=O) groups excluding carboxylic acids is 1. The third kappa shape index (κ3) is 5.18. The predicted molar refractivity (Wildman–Crippen MR) is 147 cm³/mol. The Labute approximate surface area is 219 Å². The van der Waals surface area contributed by atoms with Gasteiger partial charge in [0.15, 0.2) is 0 Å². The van der Waals surface area contributed by atoms with Crippen LogP contribution in [-0.4, -0.2) is 24.0 Å². The zero-order valence-corrected chi connectivity index (χ0v) is 21.1. The van der Waals surface area contributed by atoms with Crippen molar-refractivity contribution in [1.29, 1.82) is 0 Å². The molecule has 5 rings (SSSR count). The van der Waals surface area contributed by atoms with Crippen LogP contribution in [0.4, 0.5) is 11.4 Å². The van der Waals surface area contributed by atoms with E-state index in [4.69, 9.17) is 23.2 Å². The predicted octanol–water partition coefficient (Wildman–Crippen LogP) is 6.78. The van der Waals surface area contributed by atoms with Crippen LogP contribution in [0.2, 0.25) is 10.0 Å². The van der Waals surface area contributed by atoms with E-state index in [-0.39, 0.29) is 29.8 Å². The average molecular weight is 529 g/mol. The van der Waals surface area contributed by atoms with E-state index in [0.717, 1.165) is 34.9 Å². The standard InChI is InChI=1S/C27H23Cl2N3O2.ClH/c28-19-12-13-22-20(15-19)24(17-7-2-1-3-8-17)25(27(34)30-22)32-14-6-9-18(16-32)26(33)31-23-11-5-4-10-21(23)29;/h1-5,7-8,10-13,15,18H,6,9,14,16H2,(H,30,34)(H,31,33);1H. The van der Waals surface area contributed by atoms with Gasteiger partial charge in [-0.25, -0.2) is 0 Å². The molecule has 0 spiro atoms. The number of aromatic nitrogens is 1. The molecule has 5 nitrogen and oxygen atoms in total. The van der Waals surface area contributed by atoms with E-state index in [9.17, 15) is 9.59 Å². The molecule has 1 atom stereocenters. The Kier molecular flexibility index (Phi) is 7.70. The molecule has 3 aromatic carbocycles. The monoisotopic (exact) mass is 527 g/mol. The van der Waals surface area contributed by atoms with Gasteiger partial charge >= 0.3 is 0 Å². The van der Waals surface area contributed by atoms with E-state index in [1.165, 1.54) is 0 Å². The molecule has 1 aliphatic heterocycles. The number of H-pyrrole nitrogens is 1. The van der Waals surface area contributed by atoms with Crippen molar-refractivity contribution in [2.24, 2.45) is 5.92 Å². The fraction of sp³-hybridized carbons (Fsp3) is 0.185. The maximum Gasteiger partial charge on any atom is 0.272 e. The third-order valence-corrected chi connectivity index (χ3v) is 6.82. The second kappa shape index (κ2) is 10.7. The summed E-state index contributed by atoms with van der Waals surface area (Å²) in [4.78, 5) is 31.5. The second-order valence-electron chi connectivity index (χ2n) is 8.49. The van der Waals surface area contributed by atoms with Gasteiger partial charge in [0.1, 0.15) is 5.69 Å². The summed E-state index contributed by atoms with van der Waals surface area (Å²) in [5.41, 5.74) is 3.46. The lowest BCUT2D eigenvalue weighted by Gasteiger charge is -2.34. The summed E-state index contributed by atoms with van der Waals surface area (Å²) in [6, 6.07) is 22.5. The van der Waals surface area contributed by atoms with Gasteiger partial charge < -0.3 is 15.2 Å². The number of nitrogens with zero attached hydrogens (tertiary/aromatic N) is 1. The molecule has 1 amide bonds. The van der Waals surface area contributed by atoms with E-state index in [1.54, 1.807) is 18.2 Å². The van der Waals surface area contributed by atoms with Crippen LogP contribution in [0, 0.1) is 5.92 Å². The van der Waals surface area contributed by atoms with Crippen LogP contribution in [-0.2, 0) is 4.79 Å². The maximum atomic E-state index is 13.4. The molecule has 0 aliphatic carbocycles. The topological polar surface area (TPSA) is 65.2 Å². The van der Waals surface area contributed by atoms with Crippen LogP contribution >= 0.6 is 35.6 Å². The summed E-state index contributed by atoms with van der Waals surface area (Å²) < 4.78 is 0. The molecular weight excluding hydrogens is 505 g/mol. The molecule has 0 radical (unpaired) electrons. The molecule has 2 heterocycles. The Morgan fingerprint density at radius 3 is 2.51 bits per heavy atom. The largest absolute Gasteiger partial charge is 0.366 e. The minimum atomic E-state index is -0.275. The first kappa shape index (κ1) is 25.1. The zero-order chi connectivity index (χ0) is 23.7. The van der Waals surface area contributed by atoms with Gasteiger partial charge in [-0.15, -0.1) is 12.4 Å². The van der Waals surface area contributed by atoms with Gasteiger partial charge in [0, 0.05) is 34.6 Å². The normalized spacial score (nSPS) is 15.5. The average Bonchev–Trinajstić information content (AvgIpc) is 2.85. The van der Waals surface area contributed by atoms with E-state index in [1.807, 2.05) is 59.5 Å². The van der Waals surface area contributed by atoms with Crippen molar-refractivity contribution in [3.63, 3.8) is 0 Å². The van der Waals surface area contributed by atoms with E-state index in [2.05, 4.69) is 10.3 Å². The number of aromatic amines is 1. The highest BCUT2D eigenvalue weighted by Gasteiger charge is 2.30. The van der Waals surface area contributed by atoms with Crippen molar-refractivity contribution < 1.29 is 4.79 Å². The summed E-state index contributed by atoms with van der Waals surface area (Å²) in [5, 5.41) is 4.91. The first-order chi connectivity index (χ1) is 16.5. The number of amides is 1. The number of halogens is 3. The van der Waals surface area contributed by atoms with Gasteiger partial charge in [-0.3, -0.25) is 9.59 Å². The summed E-state index contributed by atoms with van der Waals surface area (Å²) in [7, 11) is 0. The number of hydrogen-bond donors (Lipinski definition) is 2. The van der Waals surface area contributed by atoms with Gasteiger partial charge in [-0.2, -0.15) is 0 Å². The van der Waals surface area contributed by atoms with Crippen LogP contribution in [0.3, 0.4) is 0 Å². The van der Waals surface area contributed by atoms with Crippen LogP contribution in [0.5, 0.6) is 0 Å². The molecule has 4 aromatic rings. The molecule has 180 valence electrons. The molecule has 1 aromatic heterocycles. The number of para-hydroxylation sites is 1. The second-order valence-corrected chi connectivity index (χ2v) is 9.33. The summed E-state index contributed by atoms with van der Waals surface area (Å²) in [6.45, 7) is 1.12. The van der Waals surface area contributed by atoms with Crippen molar-refractivity contribution in [3.8, 4) is 11.1 Å². The Balaban J connectivity index is 0.00000289. The number of fused-ring (bicyclic) bond motifs is 1. The van der Waals surface area contributed by atoms with Crippen LogP contribution in [0.15, 0.2) is 77.6 Å². The van der Waals surface area contributed by atoms with E-state index < -0.39 is 0 Å². The van der Waals surface area contributed by atoms with Gasteiger partial charge in [0.2, 0.25) is 5.91 Å². The summed E-state index contributed by atoms with van der Waals surface area (Å²) >= 11 is 12.6. The van der Waals surface area contributed by atoms with Crippen LogP contribution in [0.1, 0.15) is 12.8 Å². The highest BCUT2D eigenvalue weighted by atomic mass is 35.5. The fourth-order valence-electron chi connectivity index (χ4n) is 4.65. The van der Waals surface area contributed by atoms with Crippen molar-refractivity contribution in [3.05, 3.63) is 93.2 Å². The quantitative estimate of drug-likeness (QED) is 0.307. The minimum absolute atomic E-state index is 0. The molecule has 0 bridgehead atoms. The number of piperidine rings is 1. The molecular formula is C27H24Cl3N3O2. The van der Waals surface area contributed by atoms with Gasteiger partial charge in [0.25, 0.3) is 5.56 Å². The lowest BCUT2D eigenvalue weighted by Crippen LogP contribution is -2.43. The van der Waals surface area contributed by atoms with E-state index in [0.29, 0.717) is 34.5 Å². The lowest BCUT2D eigenvalue weighted by atomic mass is 9.93. The van der Waals surface area contributed by atoms with Gasteiger partial charge in [-0.05, 0) is 48.7 Å². The van der Waals surface area contributed by atoms with Gasteiger partial charge in [-0.1, -0.05) is 65.7 Å². The summed E-state index contributed by atoms with van der Waals surface area (Å²) in [5.74, 6) is -0.373. The van der Waals surface area contributed by atoms with Crippen molar-refractivity contribution >= 4 is 63.8 Å². The molecule has 2 N–H and O–H groups in total. The van der Waals surface area contributed by atoms with E-state index >= 15 is 0 Å². The maximum absolute atomic E-state index is 13.4. The highest BCUT2D eigenvalue weighted by molar-refractivity contribution is 6.33. The zero-order valence-electron chi connectivity index (χ0n) is 18.8. The number of nitrogens with one attached hydrogen (secondary N) is 2. The first-order valence-electron chi connectivity index (χ1n) is 11.2. The van der Waals surface area contributed by atoms with Crippen LogP contribution in [0.25, 0.3) is 22.0 Å². The molecule has 1 unspecified atom stereocenters. The highest BCUT2D eigenvalue weighted by Crippen LogP contribution is 2.37. The molecule has 1 fully saturated rings. The Hall–Kier alpha value is -2.99. The third-order valence-electron chi connectivity index (χ3n) is 6.25. The molecule has 1 saturated heterocycles. The van der Waals surface area contributed by atoms with Crippen LogP contribution < -0.4 is 15.8 Å². The SMILES string of the molecule is Cl.O=C(Nc1ccccc1Cl)C1CCCN(c2c(-c3ccccc3)c3cc(Cl)ccc3[nH]c2=O)C1. The summed E-state index contributed by atoms with van der Waals surface area (Å²) in [6.07, 6.45) is 1.53. The minimum Gasteiger partial charge on any atom is -0.366 e. The molecule has 8 heteroatoms. The van der Waals surface area contributed by atoms with Crippen molar-refractivity contribution in [2.75, 3.05) is 23.3 Å². The van der Waals surface area contributed by atoms with Gasteiger partial charge in [0.05, 0.1) is 16.6 Å². The number of benzene rings is 3. The Morgan fingerprint density at radius 1 is 1.00 bits per heavy atom. The lowest BCUT2D eigenvalue weighted by molar-refractivity contribution is -0.120. The number of carbonyl (C=O) groups is 1. The molecule has 35 heavy (non-hydrogen) atoms. The first-order valence-corrected chi connectivity index (χ1v) is 12.0. The Morgan fingerprint density at radius 2 is 1.74 bits per heavy atom. The van der Waals surface area contributed by atoms with Crippen molar-refractivity contribution in [1.82, 2.24) is 4.98 Å². The number of hydrogen-bond acceptors (Lipinski definition) is 3. The molecule has 1 aliphatic rings. The molecule has 0 saturated carbocycles. The number of pyridine rings is 1. The fourth-order valence-corrected chi connectivity index (χ4v) is 5.00. The number of anilines is 2.